The number of anilines is 1. The Kier molecular flexibility index (Phi) is 5.63. The molecule has 2 aromatic heterocycles. The van der Waals surface area contributed by atoms with Gasteiger partial charge in [0.15, 0.2) is 6.61 Å². The number of benzene rings is 2. The summed E-state index contributed by atoms with van der Waals surface area (Å²) in [6.07, 6.45) is 0. The van der Waals surface area contributed by atoms with Gasteiger partial charge < -0.3 is 14.6 Å². The van der Waals surface area contributed by atoms with Crippen molar-refractivity contribution in [3.63, 3.8) is 0 Å². The van der Waals surface area contributed by atoms with E-state index in [-0.39, 0.29) is 19.1 Å². The summed E-state index contributed by atoms with van der Waals surface area (Å²) < 4.78 is 7.07. The Labute approximate surface area is 178 Å². The highest BCUT2D eigenvalue weighted by Crippen LogP contribution is 2.24. The van der Waals surface area contributed by atoms with E-state index in [2.05, 4.69) is 10.3 Å². The Morgan fingerprint density at radius 2 is 1.93 bits per heavy atom. The number of carbonyl (C=O) groups is 2. The average molecular weight is 420 g/mol. The Morgan fingerprint density at radius 1 is 1.10 bits per heavy atom. The summed E-state index contributed by atoms with van der Waals surface area (Å²) in [5.74, 6) is -0.842. The van der Waals surface area contributed by atoms with E-state index in [1.54, 1.807) is 17.4 Å². The molecule has 0 aliphatic rings. The number of thiazole rings is 1. The summed E-state index contributed by atoms with van der Waals surface area (Å²) in [5.41, 5.74) is 4.35. The Morgan fingerprint density at radius 3 is 2.73 bits per heavy atom. The Bertz CT molecular complexity index is 1230. The van der Waals surface area contributed by atoms with E-state index in [9.17, 15) is 9.59 Å². The summed E-state index contributed by atoms with van der Waals surface area (Å²) in [7, 11) is 0. The number of aryl methyl sites for hydroxylation is 2. The number of hydrogen-bond donors (Lipinski definition) is 1. The van der Waals surface area contributed by atoms with Crippen LogP contribution >= 0.6 is 11.3 Å². The summed E-state index contributed by atoms with van der Waals surface area (Å²) in [6.45, 7) is 3.62. The highest BCUT2D eigenvalue weighted by Gasteiger charge is 2.13. The lowest BCUT2D eigenvalue weighted by Gasteiger charge is -2.10. The maximum atomic E-state index is 12.3. The summed E-state index contributed by atoms with van der Waals surface area (Å²) >= 11 is 1.58. The van der Waals surface area contributed by atoms with Crippen molar-refractivity contribution in [3.05, 3.63) is 70.7 Å². The van der Waals surface area contributed by atoms with Crippen molar-refractivity contribution in [3.8, 4) is 11.3 Å². The number of esters is 1. The van der Waals surface area contributed by atoms with Crippen LogP contribution in [0.5, 0.6) is 0 Å². The van der Waals surface area contributed by atoms with Gasteiger partial charge in [0.05, 0.1) is 10.7 Å². The van der Waals surface area contributed by atoms with Gasteiger partial charge in [-0.3, -0.25) is 9.59 Å². The van der Waals surface area contributed by atoms with Crippen LogP contribution in [0.1, 0.15) is 10.7 Å². The third-order valence-electron chi connectivity index (χ3n) is 4.73. The zero-order valence-electron chi connectivity index (χ0n) is 16.7. The van der Waals surface area contributed by atoms with E-state index in [0.29, 0.717) is 5.69 Å². The molecule has 0 bridgehead atoms. The number of nitrogens with zero attached hydrogens (tertiary/aromatic N) is 2. The molecule has 152 valence electrons. The number of rotatable bonds is 6. The fraction of sp³-hybridized carbons (Fsp3) is 0.174. The van der Waals surface area contributed by atoms with Crippen LogP contribution in [0.25, 0.3) is 22.2 Å². The number of para-hydroxylation sites is 1. The molecule has 30 heavy (non-hydrogen) atoms. The van der Waals surface area contributed by atoms with Gasteiger partial charge in [-0.25, -0.2) is 4.98 Å². The lowest BCUT2D eigenvalue weighted by atomic mass is 10.1. The molecule has 7 heteroatoms. The topological polar surface area (TPSA) is 73.2 Å². The van der Waals surface area contributed by atoms with E-state index in [1.165, 1.54) is 0 Å². The van der Waals surface area contributed by atoms with Crippen molar-refractivity contribution < 1.29 is 14.3 Å². The van der Waals surface area contributed by atoms with Crippen LogP contribution < -0.4 is 5.32 Å². The molecule has 0 saturated carbocycles. The van der Waals surface area contributed by atoms with Crippen LogP contribution in [-0.2, 0) is 20.9 Å². The lowest BCUT2D eigenvalue weighted by molar-refractivity contribution is -0.147. The van der Waals surface area contributed by atoms with Crippen molar-refractivity contribution in [1.29, 1.82) is 0 Å². The SMILES string of the molecule is Cc1nc(-c2cccc(NC(=O)COC(=O)Cn3c(C)cc4ccccc43)c2)cs1. The largest absolute Gasteiger partial charge is 0.454 e. The summed E-state index contributed by atoms with van der Waals surface area (Å²) in [6, 6.07) is 17.3. The molecule has 1 N–H and O–H groups in total. The summed E-state index contributed by atoms with van der Waals surface area (Å²) in [5, 5.41) is 6.79. The molecule has 1 amide bonds. The van der Waals surface area contributed by atoms with Crippen LogP contribution in [0.3, 0.4) is 0 Å². The first-order chi connectivity index (χ1) is 14.5. The molecular formula is C23H21N3O3S. The predicted octanol–water partition coefficient (Wildman–Crippen LogP) is 4.56. The van der Waals surface area contributed by atoms with E-state index in [1.807, 2.05) is 72.3 Å². The predicted molar refractivity (Wildman–Crippen MR) is 119 cm³/mol. The quantitative estimate of drug-likeness (QED) is 0.465. The maximum absolute atomic E-state index is 12.3. The average Bonchev–Trinajstić information content (AvgIpc) is 3.30. The van der Waals surface area contributed by atoms with Crippen molar-refractivity contribution in [1.82, 2.24) is 9.55 Å². The van der Waals surface area contributed by atoms with Gasteiger partial charge in [-0.15, -0.1) is 11.3 Å². The van der Waals surface area contributed by atoms with Crippen molar-refractivity contribution in [2.24, 2.45) is 0 Å². The molecule has 6 nitrogen and oxygen atoms in total. The molecule has 0 fully saturated rings. The minimum absolute atomic E-state index is 0.0608. The number of amides is 1. The second kappa shape index (κ2) is 8.51. The second-order valence-electron chi connectivity index (χ2n) is 6.97. The first-order valence-electron chi connectivity index (χ1n) is 9.52. The number of nitrogens with one attached hydrogen (secondary N) is 1. The Hall–Kier alpha value is -3.45. The van der Waals surface area contributed by atoms with E-state index in [4.69, 9.17) is 4.74 Å². The maximum Gasteiger partial charge on any atom is 0.326 e. The minimum Gasteiger partial charge on any atom is -0.454 e. The van der Waals surface area contributed by atoms with E-state index >= 15 is 0 Å². The van der Waals surface area contributed by atoms with Gasteiger partial charge in [-0.1, -0.05) is 30.3 Å². The fourth-order valence-electron chi connectivity index (χ4n) is 3.33. The molecule has 0 aliphatic heterocycles. The monoisotopic (exact) mass is 419 g/mol. The number of carbonyl (C=O) groups excluding carboxylic acids is 2. The molecule has 0 spiro atoms. The van der Waals surface area contributed by atoms with Crippen LogP contribution in [-0.4, -0.2) is 28.0 Å². The number of fused-ring (bicyclic) bond motifs is 1. The van der Waals surface area contributed by atoms with Gasteiger partial charge in [-0.2, -0.15) is 0 Å². The third-order valence-corrected chi connectivity index (χ3v) is 5.50. The first kappa shape index (κ1) is 19.8. The van der Waals surface area contributed by atoms with Gasteiger partial charge >= 0.3 is 5.97 Å². The van der Waals surface area contributed by atoms with Gasteiger partial charge in [0.25, 0.3) is 5.91 Å². The van der Waals surface area contributed by atoms with Crippen molar-refractivity contribution >= 4 is 39.8 Å². The molecule has 0 radical (unpaired) electrons. The van der Waals surface area contributed by atoms with Gasteiger partial charge in [0.2, 0.25) is 0 Å². The second-order valence-corrected chi connectivity index (χ2v) is 8.03. The lowest BCUT2D eigenvalue weighted by Crippen LogP contribution is -2.23. The van der Waals surface area contributed by atoms with Crippen LogP contribution in [0.15, 0.2) is 60.0 Å². The third kappa shape index (κ3) is 4.41. The number of ether oxygens (including phenoxy) is 1. The van der Waals surface area contributed by atoms with E-state index < -0.39 is 5.97 Å². The first-order valence-corrected chi connectivity index (χ1v) is 10.4. The molecule has 0 saturated heterocycles. The molecule has 0 atom stereocenters. The normalized spacial score (nSPS) is 10.9. The molecule has 0 unspecified atom stereocenters. The highest BCUT2D eigenvalue weighted by atomic mass is 32.1. The molecule has 2 aromatic carbocycles. The Balaban J connectivity index is 1.35. The summed E-state index contributed by atoms with van der Waals surface area (Å²) in [4.78, 5) is 29.0. The number of aromatic nitrogens is 2. The standard InChI is InChI=1S/C23H21N3O3S/c1-15-10-18-6-3-4-9-21(18)26(15)12-23(28)29-13-22(27)25-19-8-5-7-17(11-19)20-14-30-16(2)24-20/h3-11,14H,12-13H2,1-2H3,(H,25,27). The molecule has 2 heterocycles. The van der Waals surface area contributed by atoms with Gasteiger partial charge in [0.1, 0.15) is 6.54 Å². The minimum atomic E-state index is -0.457. The van der Waals surface area contributed by atoms with Gasteiger partial charge in [0, 0.05) is 27.8 Å². The highest BCUT2D eigenvalue weighted by molar-refractivity contribution is 7.09. The van der Waals surface area contributed by atoms with Crippen molar-refractivity contribution in [2.45, 2.75) is 20.4 Å². The zero-order chi connectivity index (χ0) is 21.1. The fourth-order valence-corrected chi connectivity index (χ4v) is 3.95. The molecule has 4 rings (SSSR count). The molecule has 4 aromatic rings. The van der Waals surface area contributed by atoms with Gasteiger partial charge in [-0.05, 0) is 43.5 Å². The van der Waals surface area contributed by atoms with Crippen LogP contribution in [0.4, 0.5) is 5.69 Å². The molecule has 0 aliphatic carbocycles. The smallest absolute Gasteiger partial charge is 0.326 e. The van der Waals surface area contributed by atoms with Crippen LogP contribution in [0.2, 0.25) is 0 Å². The molecular weight excluding hydrogens is 398 g/mol. The van der Waals surface area contributed by atoms with Crippen molar-refractivity contribution in [2.75, 3.05) is 11.9 Å². The zero-order valence-corrected chi connectivity index (χ0v) is 17.5. The number of hydrogen-bond acceptors (Lipinski definition) is 5. The van der Waals surface area contributed by atoms with E-state index in [0.717, 1.165) is 32.9 Å². The van der Waals surface area contributed by atoms with Crippen LogP contribution in [0, 0.1) is 13.8 Å².